The van der Waals surface area contributed by atoms with Gasteiger partial charge in [0.1, 0.15) is 57.5 Å². The molecule has 0 atom stereocenters. The number of para-hydroxylation sites is 2. The van der Waals surface area contributed by atoms with E-state index in [1.807, 2.05) is 36.4 Å². The molecule has 6 aromatic rings. The number of ether oxygens (including phenoxy) is 4. The highest BCUT2D eigenvalue weighted by Crippen LogP contribution is 2.78. The first-order chi connectivity index (χ1) is 27.3. The highest BCUT2D eigenvalue weighted by atomic mass is 31.3. The maximum Gasteiger partial charge on any atom is 0.460 e. The van der Waals surface area contributed by atoms with Crippen LogP contribution in [-0.4, -0.2) is 28.4 Å². The number of nitrogens with zero attached hydrogens (tertiary/aromatic N) is 3. The lowest BCUT2D eigenvalue weighted by atomic mass is 10.3. The molecule has 0 saturated heterocycles. The van der Waals surface area contributed by atoms with Gasteiger partial charge in [0.25, 0.3) is 0 Å². The Morgan fingerprint density at radius 1 is 0.250 bits per heavy atom. The molecule has 1 heterocycles. The van der Waals surface area contributed by atoms with Gasteiger partial charge < -0.3 is 46.1 Å². The molecule has 0 bridgehead atoms. The Hall–Kier alpha value is -5.99. The van der Waals surface area contributed by atoms with E-state index in [1.165, 1.54) is 0 Å². The fourth-order valence-corrected chi connectivity index (χ4v) is 14.2. The molecule has 0 spiro atoms. The summed E-state index contributed by atoms with van der Waals surface area (Å²) in [5.74, 6) is 4.68. The highest BCUT2D eigenvalue weighted by Gasteiger charge is 2.49. The minimum absolute atomic E-state index is 0.353. The fraction of sp³-hybridized carbons (Fsp3) is 0.100. The van der Waals surface area contributed by atoms with E-state index in [9.17, 15) is 0 Å². The lowest BCUT2D eigenvalue weighted by molar-refractivity contribution is 0.411. The zero-order valence-corrected chi connectivity index (χ0v) is 33.5. The summed E-state index contributed by atoms with van der Waals surface area (Å²) in [5, 5.41) is 0. The van der Waals surface area contributed by atoms with Crippen LogP contribution in [0.5, 0.6) is 57.5 Å². The molecule has 0 aromatic heterocycles. The molecule has 0 saturated carbocycles. The second kappa shape index (κ2) is 17.2. The van der Waals surface area contributed by atoms with Crippen LogP contribution in [0.15, 0.2) is 171 Å². The summed E-state index contributed by atoms with van der Waals surface area (Å²) in [7, 11) is -5.87. The summed E-state index contributed by atoms with van der Waals surface area (Å²) in [6, 6.07) is 45.9. The predicted molar refractivity (Wildman–Crippen MR) is 217 cm³/mol. The Balaban J connectivity index is 1.55. The first-order valence-corrected chi connectivity index (χ1v) is 21.7. The summed E-state index contributed by atoms with van der Waals surface area (Å²) in [6.07, 6.45) is 0. The molecule has 13 nitrogen and oxygen atoms in total. The summed E-state index contributed by atoms with van der Waals surface area (Å²) in [4.78, 5) is 0. The van der Waals surface area contributed by atoms with Crippen molar-refractivity contribution in [2.45, 2.75) is 0 Å². The minimum Gasteiger partial charge on any atom is -0.497 e. The van der Waals surface area contributed by atoms with Gasteiger partial charge in [0.15, 0.2) is 0 Å². The number of methoxy groups -OCH3 is 4. The van der Waals surface area contributed by atoms with Gasteiger partial charge in [-0.2, -0.15) is 0 Å². The van der Waals surface area contributed by atoms with Gasteiger partial charge >= 0.3 is 23.0 Å². The van der Waals surface area contributed by atoms with Gasteiger partial charge in [-0.3, -0.25) is 0 Å². The second-order valence-electron chi connectivity index (χ2n) is 11.6. The topological polar surface area (TPSA) is 129 Å². The van der Waals surface area contributed by atoms with E-state index in [2.05, 4.69) is 0 Å². The number of hydrogen-bond acceptors (Lipinski definition) is 13. The normalized spacial score (nSPS) is 14.6. The summed E-state index contributed by atoms with van der Waals surface area (Å²) < 4.78 is 78.3. The fourth-order valence-electron chi connectivity index (χ4n) is 5.09. The predicted octanol–water partition coefficient (Wildman–Crippen LogP) is 12.3. The highest BCUT2D eigenvalue weighted by molar-refractivity contribution is 7.79. The monoisotopic (exact) mass is 813 g/mol. The number of benzene rings is 6. The van der Waals surface area contributed by atoms with E-state index < -0.39 is 23.0 Å². The van der Waals surface area contributed by atoms with E-state index in [1.54, 1.807) is 150 Å². The zero-order valence-electron chi connectivity index (χ0n) is 30.8. The van der Waals surface area contributed by atoms with E-state index in [0.29, 0.717) is 57.5 Å². The molecule has 0 N–H and O–H groups in total. The Bertz CT molecular complexity index is 2130. The molecule has 1 aliphatic rings. The van der Waals surface area contributed by atoms with Crippen molar-refractivity contribution in [1.29, 1.82) is 0 Å². The third kappa shape index (κ3) is 9.44. The van der Waals surface area contributed by atoms with Gasteiger partial charge in [-0.25, -0.2) is 0 Å². The van der Waals surface area contributed by atoms with Crippen molar-refractivity contribution in [2.75, 3.05) is 28.4 Å². The van der Waals surface area contributed by atoms with Crippen molar-refractivity contribution < 1.29 is 46.1 Å². The maximum atomic E-state index is 6.84. The van der Waals surface area contributed by atoms with Gasteiger partial charge in [-0.15, -0.1) is 0 Å². The molecule has 1 aliphatic heterocycles. The van der Waals surface area contributed by atoms with Crippen LogP contribution in [0.25, 0.3) is 0 Å². The number of hydrogen-bond donors (Lipinski definition) is 0. The van der Waals surface area contributed by atoms with Crippen molar-refractivity contribution in [3.8, 4) is 57.5 Å². The van der Waals surface area contributed by atoms with Gasteiger partial charge in [-0.05, 0) is 121 Å². The molecule has 6 aromatic carbocycles. The van der Waals surface area contributed by atoms with Crippen LogP contribution in [0.3, 0.4) is 0 Å². The van der Waals surface area contributed by atoms with Crippen molar-refractivity contribution in [3.05, 3.63) is 158 Å². The van der Waals surface area contributed by atoms with Crippen molar-refractivity contribution in [3.63, 3.8) is 0 Å². The van der Waals surface area contributed by atoms with E-state index in [-0.39, 0.29) is 0 Å². The Morgan fingerprint density at radius 2 is 0.429 bits per heavy atom. The zero-order chi connectivity index (χ0) is 38.9. The third-order valence-electron chi connectivity index (χ3n) is 7.75. The molecule has 0 unspecified atom stereocenters. The van der Waals surface area contributed by atoms with Crippen LogP contribution in [0.4, 0.5) is 0 Å². The van der Waals surface area contributed by atoms with E-state index in [4.69, 9.17) is 59.6 Å². The van der Waals surface area contributed by atoms with Crippen LogP contribution in [0, 0.1) is 0 Å². The average Bonchev–Trinajstić information content (AvgIpc) is 3.22. The quantitative estimate of drug-likeness (QED) is 0.0871. The van der Waals surface area contributed by atoms with Crippen molar-refractivity contribution >= 4 is 23.0 Å². The Labute approximate surface area is 325 Å². The van der Waals surface area contributed by atoms with Gasteiger partial charge in [0, 0.05) is 0 Å². The SMILES string of the molecule is COc1ccc(OP2(Oc3ccc(OC)cc3)=NP(Oc3ccccc3)(Oc3ccccc3)=NP(Oc3ccc(OC)cc3)(Oc3ccc(OC)cc3)=N2)cc1. The first-order valence-electron chi connectivity index (χ1n) is 17.1. The molecule has 7 rings (SSSR count). The molecule has 288 valence electrons. The summed E-state index contributed by atoms with van der Waals surface area (Å²) in [5.41, 5.74) is 0. The molecular formula is C40H38N3O10P3. The molecule has 56 heavy (non-hydrogen) atoms. The number of rotatable bonds is 16. The molecule has 0 radical (unpaired) electrons. The lowest BCUT2D eigenvalue weighted by Gasteiger charge is -2.33. The smallest absolute Gasteiger partial charge is 0.460 e. The molecule has 0 aliphatic carbocycles. The minimum atomic E-state index is -4.08. The van der Waals surface area contributed by atoms with Gasteiger partial charge in [-0.1, -0.05) is 49.9 Å². The van der Waals surface area contributed by atoms with Crippen LogP contribution in [0.1, 0.15) is 0 Å². The van der Waals surface area contributed by atoms with Crippen molar-refractivity contribution in [1.82, 2.24) is 0 Å². The molecule has 0 amide bonds. The van der Waals surface area contributed by atoms with Crippen LogP contribution >= 0.6 is 23.0 Å². The maximum absolute atomic E-state index is 6.84. The third-order valence-corrected chi connectivity index (χ3v) is 15.9. The standard InChI is InChI=1S/C40H38N3O10P3/c1-44-31-15-23-37(24-16-31)50-55(51-38-25-17-32(45-2)18-26-38)41-54(48-35-11-7-5-8-12-35,49-36-13-9-6-10-14-36)42-56(43-55,52-39-27-19-33(46-3)20-28-39)53-40-29-21-34(47-4)22-30-40/h5-30H,1-4H3. The van der Waals surface area contributed by atoms with Crippen LogP contribution < -0.4 is 46.1 Å². The van der Waals surface area contributed by atoms with Crippen LogP contribution in [0.2, 0.25) is 0 Å². The Morgan fingerprint density at radius 3 is 0.625 bits per heavy atom. The van der Waals surface area contributed by atoms with Crippen LogP contribution in [-0.2, 0) is 0 Å². The molecule has 0 fully saturated rings. The van der Waals surface area contributed by atoms with E-state index in [0.717, 1.165) is 0 Å². The van der Waals surface area contributed by atoms with Gasteiger partial charge in [0.05, 0.1) is 28.4 Å². The molecular weight excluding hydrogens is 775 g/mol. The average molecular weight is 814 g/mol. The Kier molecular flexibility index (Phi) is 11.8. The largest absolute Gasteiger partial charge is 0.497 e. The summed E-state index contributed by atoms with van der Waals surface area (Å²) >= 11 is 0. The van der Waals surface area contributed by atoms with Gasteiger partial charge in [0.2, 0.25) is 0 Å². The lowest BCUT2D eigenvalue weighted by Crippen LogP contribution is -2.11. The molecule has 16 heteroatoms. The van der Waals surface area contributed by atoms with Crippen molar-refractivity contribution in [2.24, 2.45) is 13.5 Å². The van der Waals surface area contributed by atoms with E-state index >= 15 is 0 Å². The summed E-state index contributed by atoms with van der Waals surface area (Å²) in [6.45, 7) is 0. The second-order valence-corrected chi connectivity index (χ2v) is 17.8. The first kappa shape index (κ1) is 38.3.